The molecule has 1 aromatic rings. The summed E-state index contributed by atoms with van der Waals surface area (Å²) in [7, 11) is 0. The predicted molar refractivity (Wildman–Crippen MR) is 52.9 cm³/mol. The lowest BCUT2D eigenvalue weighted by molar-refractivity contribution is -0.276. The van der Waals surface area contributed by atoms with Gasteiger partial charge in [-0.2, -0.15) is 5.26 Å². The van der Waals surface area contributed by atoms with Crippen LogP contribution in [-0.2, 0) is 13.0 Å². The Balaban J connectivity index is 3.26. The third kappa shape index (κ3) is 3.60. The van der Waals surface area contributed by atoms with Gasteiger partial charge in [0.25, 0.3) is 0 Å². The van der Waals surface area contributed by atoms with Gasteiger partial charge in [-0.15, -0.1) is 13.2 Å². The number of nitrogens with zero attached hydrogens (tertiary/aromatic N) is 2. The van der Waals surface area contributed by atoms with E-state index in [0.717, 1.165) is 0 Å². The van der Waals surface area contributed by atoms with Crippen molar-refractivity contribution < 1.29 is 17.9 Å². The molecular formula is C10H10F3N3O. The minimum atomic E-state index is -4.84. The highest BCUT2D eigenvalue weighted by atomic mass is 19.4. The number of rotatable bonds is 3. The zero-order valence-corrected chi connectivity index (χ0v) is 9.01. The molecule has 17 heavy (non-hydrogen) atoms. The first-order chi connectivity index (χ1) is 7.87. The monoisotopic (exact) mass is 245 g/mol. The summed E-state index contributed by atoms with van der Waals surface area (Å²) < 4.78 is 40.2. The number of halogens is 3. The zero-order chi connectivity index (χ0) is 13.1. The Kier molecular flexibility index (Phi) is 3.91. The second kappa shape index (κ2) is 5.01. The van der Waals surface area contributed by atoms with Gasteiger partial charge < -0.3 is 10.5 Å². The molecule has 1 rings (SSSR count). The molecule has 0 aliphatic heterocycles. The lowest BCUT2D eigenvalue weighted by Crippen LogP contribution is -2.20. The molecule has 0 spiro atoms. The molecule has 0 unspecified atom stereocenters. The van der Waals surface area contributed by atoms with Crippen molar-refractivity contribution in [2.24, 2.45) is 5.73 Å². The van der Waals surface area contributed by atoms with Crippen molar-refractivity contribution in [1.29, 1.82) is 5.26 Å². The van der Waals surface area contributed by atoms with E-state index in [9.17, 15) is 13.2 Å². The molecule has 0 aliphatic carbocycles. The van der Waals surface area contributed by atoms with E-state index in [-0.39, 0.29) is 18.5 Å². The molecular weight excluding hydrogens is 235 g/mol. The summed E-state index contributed by atoms with van der Waals surface area (Å²) in [5, 5.41) is 8.58. The van der Waals surface area contributed by atoms with Crippen molar-refractivity contribution in [2.45, 2.75) is 26.3 Å². The molecule has 92 valence electrons. The van der Waals surface area contributed by atoms with Crippen LogP contribution < -0.4 is 10.5 Å². The van der Waals surface area contributed by atoms with E-state index in [0.29, 0.717) is 11.3 Å². The molecule has 0 aliphatic rings. The second-order valence-electron chi connectivity index (χ2n) is 3.29. The number of nitriles is 1. The van der Waals surface area contributed by atoms with Crippen molar-refractivity contribution in [3.8, 4) is 11.9 Å². The number of ether oxygens (including phenoxy) is 1. The Labute approximate surface area is 95.8 Å². The van der Waals surface area contributed by atoms with Crippen LogP contribution in [0.15, 0.2) is 6.07 Å². The summed E-state index contributed by atoms with van der Waals surface area (Å²) in [6.45, 7) is 1.55. The smallest absolute Gasteiger partial charge is 0.388 e. The van der Waals surface area contributed by atoms with E-state index in [1.807, 2.05) is 0 Å². The van der Waals surface area contributed by atoms with Crippen molar-refractivity contribution in [3.05, 3.63) is 22.9 Å². The van der Waals surface area contributed by atoms with Crippen LogP contribution >= 0.6 is 0 Å². The molecule has 0 radical (unpaired) electrons. The first-order valence-electron chi connectivity index (χ1n) is 4.69. The second-order valence-corrected chi connectivity index (χ2v) is 3.29. The molecule has 4 nitrogen and oxygen atoms in total. The summed E-state index contributed by atoms with van der Waals surface area (Å²) in [4.78, 5) is 3.64. The molecule has 0 saturated heterocycles. The summed E-state index contributed by atoms with van der Waals surface area (Å²) in [6.07, 6.45) is -5.07. The number of aryl methyl sites for hydroxylation is 1. The van der Waals surface area contributed by atoms with Crippen molar-refractivity contribution in [3.63, 3.8) is 0 Å². The molecule has 1 aromatic heterocycles. The maximum absolute atomic E-state index is 12.2. The minimum Gasteiger partial charge on any atom is -0.388 e. The summed E-state index contributed by atoms with van der Waals surface area (Å²) >= 11 is 0. The Morgan fingerprint density at radius 2 is 2.18 bits per heavy atom. The van der Waals surface area contributed by atoms with Gasteiger partial charge in [0.15, 0.2) is 0 Å². The Hall–Kier alpha value is -1.81. The molecule has 0 amide bonds. The molecule has 1 heterocycles. The Morgan fingerprint density at radius 3 is 2.65 bits per heavy atom. The van der Waals surface area contributed by atoms with Gasteiger partial charge in [0.2, 0.25) is 5.88 Å². The van der Waals surface area contributed by atoms with Gasteiger partial charge in [-0.25, -0.2) is 4.98 Å². The standard InChI is InChI=1S/C10H10F3N3O/c1-6-4-7(5-15)8(2-3-14)9(16-6)17-10(11,12)13/h4H,2,5,15H2,1H3. The summed E-state index contributed by atoms with van der Waals surface area (Å²) in [5.41, 5.74) is 6.27. The van der Waals surface area contributed by atoms with Crippen molar-refractivity contribution in [1.82, 2.24) is 4.98 Å². The fourth-order valence-electron chi connectivity index (χ4n) is 1.38. The average molecular weight is 245 g/mol. The van der Waals surface area contributed by atoms with Crippen LogP contribution in [0.2, 0.25) is 0 Å². The van der Waals surface area contributed by atoms with E-state index in [4.69, 9.17) is 11.0 Å². The molecule has 0 bridgehead atoms. The first-order valence-corrected chi connectivity index (χ1v) is 4.69. The van der Waals surface area contributed by atoms with E-state index < -0.39 is 12.2 Å². The fraction of sp³-hybridized carbons (Fsp3) is 0.400. The van der Waals surface area contributed by atoms with E-state index in [2.05, 4.69) is 9.72 Å². The molecule has 0 saturated carbocycles. The van der Waals surface area contributed by atoms with Crippen LogP contribution in [0.3, 0.4) is 0 Å². The summed E-state index contributed by atoms with van der Waals surface area (Å²) in [6, 6.07) is 3.30. The van der Waals surface area contributed by atoms with E-state index in [1.54, 1.807) is 6.07 Å². The third-order valence-corrected chi connectivity index (χ3v) is 1.99. The quantitative estimate of drug-likeness (QED) is 0.881. The average Bonchev–Trinajstić information content (AvgIpc) is 2.19. The summed E-state index contributed by atoms with van der Waals surface area (Å²) in [5.74, 6) is -0.598. The Morgan fingerprint density at radius 1 is 1.53 bits per heavy atom. The van der Waals surface area contributed by atoms with Crippen LogP contribution in [-0.4, -0.2) is 11.3 Å². The maximum atomic E-state index is 12.2. The van der Waals surface area contributed by atoms with E-state index >= 15 is 0 Å². The Bertz CT molecular complexity index is 451. The molecule has 0 aromatic carbocycles. The van der Waals surface area contributed by atoms with Crippen LogP contribution in [0, 0.1) is 18.3 Å². The fourth-order valence-corrected chi connectivity index (χ4v) is 1.38. The number of hydrogen-bond acceptors (Lipinski definition) is 4. The SMILES string of the molecule is Cc1cc(CN)c(CC#N)c(OC(F)(F)F)n1. The van der Waals surface area contributed by atoms with Gasteiger partial charge in [0, 0.05) is 17.8 Å². The van der Waals surface area contributed by atoms with Gasteiger partial charge >= 0.3 is 6.36 Å². The zero-order valence-electron chi connectivity index (χ0n) is 9.01. The molecule has 0 atom stereocenters. The highest BCUT2D eigenvalue weighted by molar-refractivity contribution is 5.38. The van der Waals surface area contributed by atoms with Gasteiger partial charge in [-0.1, -0.05) is 0 Å². The largest absolute Gasteiger partial charge is 0.574 e. The predicted octanol–water partition coefficient (Wildman–Crippen LogP) is 1.81. The lowest BCUT2D eigenvalue weighted by atomic mass is 10.1. The van der Waals surface area contributed by atoms with Gasteiger partial charge in [0.05, 0.1) is 12.5 Å². The van der Waals surface area contributed by atoms with E-state index in [1.165, 1.54) is 13.0 Å². The highest BCUT2D eigenvalue weighted by Gasteiger charge is 2.33. The number of nitrogens with two attached hydrogens (primary N) is 1. The maximum Gasteiger partial charge on any atom is 0.574 e. The number of aromatic nitrogens is 1. The van der Waals surface area contributed by atoms with Crippen LogP contribution in [0.4, 0.5) is 13.2 Å². The number of hydrogen-bond donors (Lipinski definition) is 1. The minimum absolute atomic E-state index is 0.0224. The van der Waals surface area contributed by atoms with Crippen LogP contribution in [0.1, 0.15) is 16.8 Å². The van der Waals surface area contributed by atoms with Crippen LogP contribution in [0.5, 0.6) is 5.88 Å². The van der Waals surface area contributed by atoms with Crippen LogP contribution in [0.25, 0.3) is 0 Å². The molecule has 2 N–H and O–H groups in total. The normalized spacial score (nSPS) is 11.1. The molecule has 0 fully saturated rings. The van der Waals surface area contributed by atoms with Gasteiger partial charge in [-0.05, 0) is 18.6 Å². The topological polar surface area (TPSA) is 71.9 Å². The van der Waals surface area contributed by atoms with Gasteiger partial charge in [-0.3, -0.25) is 0 Å². The number of alkyl halides is 3. The van der Waals surface area contributed by atoms with Crippen molar-refractivity contribution >= 4 is 0 Å². The van der Waals surface area contributed by atoms with Crippen molar-refractivity contribution in [2.75, 3.05) is 0 Å². The van der Waals surface area contributed by atoms with Gasteiger partial charge in [0.1, 0.15) is 0 Å². The third-order valence-electron chi connectivity index (χ3n) is 1.99. The first kappa shape index (κ1) is 13.3. The molecule has 7 heteroatoms. The number of pyridine rings is 1. The lowest BCUT2D eigenvalue weighted by Gasteiger charge is -2.14. The highest BCUT2D eigenvalue weighted by Crippen LogP contribution is 2.27.